The van der Waals surface area contributed by atoms with E-state index in [9.17, 15) is 9.59 Å². The Morgan fingerprint density at radius 3 is 2.72 bits per heavy atom. The highest BCUT2D eigenvalue weighted by atomic mass is 16.5. The number of carbonyl (C=O) groups is 2. The quantitative estimate of drug-likeness (QED) is 0.824. The fourth-order valence-corrected chi connectivity index (χ4v) is 2.77. The summed E-state index contributed by atoms with van der Waals surface area (Å²) in [6.07, 6.45) is 3.84. The number of nitrogens with zero attached hydrogens (tertiary/aromatic N) is 1. The molecule has 2 saturated heterocycles. The van der Waals surface area contributed by atoms with E-state index in [4.69, 9.17) is 9.84 Å². The molecular formula is C13H21NO4. The minimum absolute atomic E-state index is 0.0369. The van der Waals surface area contributed by atoms with Crippen molar-refractivity contribution in [3.05, 3.63) is 0 Å². The SMILES string of the molecule is CC1CCC(C(=O)O)CN1C(=O)CC1CCCO1. The van der Waals surface area contributed by atoms with Crippen LogP contribution in [-0.2, 0) is 14.3 Å². The van der Waals surface area contributed by atoms with Gasteiger partial charge in [-0.1, -0.05) is 0 Å². The largest absolute Gasteiger partial charge is 0.481 e. The number of hydrogen-bond donors (Lipinski definition) is 1. The molecule has 2 aliphatic heterocycles. The van der Waals surface area contributed by atoms with Crippen LogP contribution < -0.4 is 0 Å². The van der Waals surface area contributed by atoms with Crippen LogP contribution in [0.5, 0.6) is 0 Å². The van der Waals surface area contributed by atoms with Crippen LogP contribution in [0.15, 0.2) is 0 Å². The Morgan fingerprint density at radius 1 is 1.33 bits per heavy atom. The average Bonchev–Trinajstić information content (AvgIpc) is 2.81. The van der Waals surface area contributed by atoms with Gasteiger partial charge in [-0.3, -0.25) is 9.59 Å². The highest BCUT2D eigenvalue weighted by Gasteiger charge is 2.33. The van der Waals surface area contributed by atoms with Gasteiger partial charge >= 0.3 is 5.97 Å². The Bertz CT molecular complexity index is 325. The lowest BCUT2D eigenvalue weighted by atomic mass is 9.93. The third-order valence-corrected chi connectivity index (χ3v) is 3.98. The summed E-state index contributed by atoms with van der Waals surface area (Å²) in [4.78, 5) is 24.9. The van der Waals surface area contributed by atoms with E-state index in [1.807, 2.05) is 6.92 Å². The Morgan fingerprint density at radius 2 is 2.11 bits per heavy atom. The number of carbonyl (C=O) groups excluding carboxylic acids is 1. The first-order valence-electron chi connectivity index (χ1n) is 6.72. The van der Waals surface area contributed by atoms with Crippen molar-refractivity contribution < 1.29 is 19.4 Å². The second-order valence-electron chi connectivity index (χ2n) is 5.35. The molecule has 3 atom stereocenters. The summed E-state index contributed by atoms with van der Waals surface area (Å²) < 4.78 is 5.46. The van der Waals surface area contributed by atoms with Crippen LogP contribution >= 0.6 is 0 Å². The summed E-state index contributed by atoms with van der Waals surface area (Å²) in [5.74, 6) is -1.16. The maximum absolute atomic E-state index is 12.2. The van der Waals surface area contributed by atoms with E-state index in [1.165, 1.54) is 0 Å². The Balaban J connectivity index is 1.91. The predicted molar refractivity (Wildman–Crippen MR) is 65.1 cm³/mol. The molecule has 3 unspecified atom stereocenters. The average molecular weight is 255 g/mol. The van der Waals surface area contributed by atoms with E-state index in [0.717, 1.165) is 25.9 Å². The van der Waals surface area contributed by atoms with Crippen LogP contribution in [0.4, 0.5) is 0 Å². The first-order valence-corrected chi connectivity index (χ1v) is 6.72. The maximum atomic E-state index is 12.2. The van der Waals surface area contributed by atoms with Gasteiger partial charge in [-0.05, 0) is 32.6 Å². The van der Waals surface area contributed by atoms with E-state index < -0.39 is 11.9 Å². The van der Waals surface area contributed by atoms with E-state index in [2.05, 4.69) is 0 Å². The monoisotopic (exact) mass is 255 g/mol. The van der Waals surface area contributed by atoms with Gasteiger partial charge in [0.2, 0.25) is 5.91 Å². The van der Waals surface area contributed by atoms with Crippen LogP contribution in [0.25, 0.3) is 0 Å². The minimum atomic E-state index is -0.795. The molecule has 0 radical (unpaired) electrons. The second-order valence-corrected chi connectivity index (χ2v) is 5.35. The highest BCUT2D eigenvalue weighted by Crippen LogP contribution is 2.24. The van der Waals surface area contributed by atoms with Gasteiger partial charge in [0.1, 0.15) is 0 Å². The molecule has 0 aromatic carbocycles. The van der Waals surface area contributed by atoms with Crippen LogP contribution in [0.1, 0.15) is 39.0 Å². The Labute approximate surface area is 107 Å². The maximum Gasteiger partial charge on any atom is 0.308 e. The fourth-order valence-electron chi connectivity index (χ4n) is 2.77. The normalized spacial score (nSPS) is 32.5. The third kappa shape index (κ3) is 3.02. The van der Waals surface area contributed by atoms with Crippen molar-refractivity contribution in [2.24, 2.45) is 5.92 Å². The smallest absolute Gasteiger partial charge is 0.308 e. The summed E-state index contributed by atoms with van der Waals surface area (Å²) in [5, 5.41) is 9.05. The molecule has 0 bridgehead atoms. The number of carboxylic acid groups (broad SMARTS) is 1. The third-order valence-electron chi connectivity index (χ3n) is 3.98. The summed E-state index contributed by atoms with van der Waals surface area (Å²) in [7, 11) is 0. The molecule has 0 aliphatic carbocycles. The molecule has 0 aromatic heterocycles. The van der Waals surface area contributed by atoms with Gasteiger partial charge in [-0.15, -0.1) is 0 Å². The molecule has 1 amide bonds. The van der Waals surface area contributed by atoms with Crippen LogP contribution in [-0.4, -0.2) is 47.2 Å². The number of aliphatic carboxylic acids is 1. The molecule has 0 spiro atoms. The van der Waals surface area contributed by atoms with Crippen molar-refractivity contribution in [2.45, 2.75) is 51.2 Å². The summed E-state index contributed by atoms with van der Waals surface area (Å²) in [6.45, 7) is 3.08. The topological polar surface area (TPSA) is 66.8 Å². The van der Waals surface area contributed by atoms with Gasteiger partial charge in [0.05, 0.1) is 18.4 Å². The molecule has 102 valence electrons. The first kappa shape index (κ1) is 13.3. The van der Waals surface area contributed by atoms with E-state index in [0.29, 0.717) is 19.4 Å². The van der Waals surface area contributed by atoms with Crippen LogP contribution in [0.2, 0.25) is 0 Å². The Hall–Kier alpha value is -1.10. The lowest BCUT2D eigenvalue weighted by Crippen LogP contribution is -2.48. The summed E-state index contributed by atoms with van der Waals surface area (Å²) in [6, 6.07) is 0.148. The van der Waals surface area contributed by atoms with Crippen molar-refractivity contribution in [2.75, 3.05) is 13.2 Å². The summed E-state index contributed by atoms with van der Waals surface area (Å²) >= 11 is 0. The molecule has 0 saturated carbocycles. The number of amides is 1. The number of hydrogen-bond acceptors (Lipinski definition) is 3. The lowest BCUT2D eigenvalue weighted by Gasteiger charge is -2.37. The second kappa shape index (κ2) is 5.69. The zero-order valence-electron chi connectivity index (χ0n) is 10.8. The van der Waals surface area contributed by atoms with Gasteiger partial charge in [0.15, 0.2) is 0 Å². The van der Waals surface area contributed by atoms with E-state index in [-0.39, 0.29) is 18.1 Å². The van der Waals surface area contributed by atoms with Crippen molar-refractivity contribution in [3.8, 4) is 0 Å². The van der Waals surface area contributed by atoms with Gasteiger partial charge < -0.3 is 14.7 Å². The number of piperidine rings is 1. The van der Waals surface area contributed by atoms with Crippen molar-refractivity contribution in [1.82, 2.24) is 4.90 Å². The Kier molecular flexibility index (Phi) is 4.22. The van der Waals surface area contributed by atoms with Crippen LogP contribution in [0.3, 0.4) is 0 Å². The van der Waals surface area contributed by atoms with E-state index in [1.54, 1.807) is 4.90 Å². The van der Waals surface area contributed by atoms with Crippen molar-refractivity contribution in [1.29, 1.82) is 0 Å². The van der Waals surface area contributed by atoms with Gasteiger partial charge in [0.25, 0.3) is 0 Å². The molecule has 2 aliphatic rings. The molecule has 5 heteroatoms. The number of carboxylic acids is 1. The standard InChI is InChI=1S/C13H21NO4/c1-9-4-5-10(13(16)17)8-14(9)12(15)7-11-3-2-6-18-11/h9-11H,2-8H2,1H3,(H,16,17). The van der Waals surface area contributed by atoms with Crippen LogP contribution in [0, 0.1) is 5.92 Å². The number of likely N-dealkylation sites (tertiary alicyclic amines) is 1. The lowest BCUT2D eigenvalue weighted by molar-refractivity contribution is -0.147. The number of ether oxygens (including phenoxy) is 1. The molecule has 2 heterocycles. The molecule has 18 heavy (non-hydrogen) atoms. The molecule has 0 aromatic rings. The van der Waals surface area contributed by atoms with Crippen molar-refractivity contribution >= 4 is 11.9 Å². The van der Waals surface area contributed by atoms with E-state index >= 15 is 0 Å². The predicted octanol–water partition coefficient (Wildman–Crippen LogP) is 1.27. The molecular weight excluding hydrogens is 234 g/mol. The fraction of sp³-hybridized carbons (Fsp3) is 0.846. The van der Waals surface area contributed by atoms with Crippen molar-refractivity contribution in [3.63, 3.8) is 0 Å². The zero-order valence-corrected chi connectivity index (χ0v) is 10.8. The number of rotatable bonds is 3. The zero-order chi connectivity index (χ0) is 13.1. The first-order chi connectivity index (χ1) is 8.58. The molecule has 2 fully saturated rings. The van der Waals surface area contributed by atoms with Gasteiger partial charge in [0, 0.05) is 19.2 Å². The minimum Gasteiger partial charge on any atom is -0.481 e. The summed E-state index contributed by atoms with van der Waals surface area (Å²) in [5.41, 5.74) is 0. The van der Waals surface area contributed by atoms with Gasteiger partial charge in [-0.25, -0.2) is 0 Å². The van der Waals surface area contributed by atoms with Gasteiger partial charge in [-0.2, -0.15) is 0 Å². The molecule has 2 rings (SSSR count). The molecule has 5 nitrogen and oxygen atoms in total. The molecule has 1 N–H and O–H groups in total. The highest BCUT2D eigenvalue weighted by molar-refractivity contribution is 5.78.